The van der Waals surface area contributed by atoms with Crippen molar-refractivity contribution in [2.45, 2.75) is 0 Å². The molecule has 1 heterocycles. The lowest BCUT2D eigenvalue weighted by atomic mass is 10.1. The molecule has 0 unspecified atom stereocenters. The van der Waals surface area contributed by atoms with Crippen LogP contribution in [0.2, 0.25) is 0 Å². The van der Waals surface area contributed by atoms with E-state index in [2.05, 4.69) is 10.9 Å². The number of rotatable bonds is 0. The van der Waals surface area contributed by atoms with E-state index in [1.165, 1.54) is 0 Å². The summed E-state index contributed by atoms with van der Waals surface area (Å²) in [6, 6.07) is 5.39. The molecule has 0 aromatic heterocycles. The summed E-state index contributed by atoms with van der Waals surface area (Å²) >= 11 is 0. The van der Waals surface area contributed by atoms with Crippen LogP contribution in [0.1, 0.15) is 5.56 Å². The van der Waals surface area contributed by atoms with Crippen molar-refractivity contribution in [2.24, 2.45) is 0 Å². The van der Waals surface area contributed by atoms with E-state index in [-0.39, 0.29) is 5.75 Å². The zero-order valence-electron chi connectivity index (χ0n) is 5.83. The molecule has 3 N–H and O–H groups in total. The van der Waals surface area contributed by atoms with E-state index < -0.39 is 0 Å². The van der Waals surface area contributed by atoms with Crippen molar-refractivity contribution < 1.29 is 5.11 Å². The summed E-state index contributed by atoms with van der Waals surface area (Å²) in [5, 5.41) is 9.32. The largest absolute Gasteiger partial charge is 0.506 e. The molecule has 0 fully saturated rings. The van der Waals surface area contributed by atoms with Crippen LogP contribution in [-0.4, -0.2) is 5.11 Å². The molecule has 0 bridgehead atoms. The fourth-order valence-corrected chi connectivity index (χ4v) is 1.08. The molecule has 1 aromatic rings. The molecule has 0 amide bonds. The number of nitrogens with one attached hydrogen (secondary N) is 2. The van der Waals surface area contributed by atoms with Gasteiger partial charge in [-0.1, -0.05) is 12.1 Å². The average Bonchev–Trinajstić information content (AvgIpc) is 2.06. The topological polar surface area (TPSA) is 44.3 Å². The fraction of sp³-hybridized carbons (Fsp3) is 0. The van der Waals surface area contributed by atoms with Crippen LogP contribution >= 0.6 is 0 Å². The molecule has 0 saturated carbocycles. The minimum absolute atomic E-state index is 0.263. The van der Waals surface area contributed by atoms with Gasteiger partial charge in [0.1, 0.15) is 11.4 Å². The summed E-state index contributed by atoms with van der Waals surface area (Å²) in [4.78, 5) is 0. The quantitative estimate of drug-likeness (QED) is 0.486. The van der Waals surface area contributed by atoms with E-state index in [4.69, 9.17) is 0 Å². The molecule has 0 radical (unpaired) electrons. The summed E-state index contributed by atoms with van der Waals surface area (Å²) in [5.41, 5.74) is 7.36. The van der Waals surface area contributed by atoms with Crippen LogP contribution in [0.5, 0.6) is 5.75 Å². The minimum Gasteiger partial charge on any atom is -0.506 e. The Bertz CT molecular complexity index is 307. The molecule has 2 rings (SSSR count). The van der Waals surface area contributed by atoms with E-state index >= 15 is 0 Å². The fourth-order valence-electron chi connectivity index (χ4n) is 1.08. The van der Waals surface area contributed by atoms with Gasteiger partial charge >= 0.3 is 0 Å². The highest BCUT2D eigenvalue weighted by atomic mass is 16.3. The van der Waals surface area contributed by atoms with Gasteiger partial charge in [-0.05, 0) is 12.1 Å². The van der Waals surface area contributed by atoms with Crippen molar-refractivity contribution >= 4 is 11.8 Å². The standard InChI is InChI=1S/C8H8N2O/c11-7-3-1-2-6-4-5-9-10-8(6)7/h1-5,9-11H. The Kier molecular flexibility index (Phi) is 1.22. The molecule has 0 atom stereocenters. The number of anilines is 1. The van der Waals surface area contributed by atoms with Gasteiger partial charge in [-0.2, -0.15) is 0 Å². The molecule has 3 nitrogen and oxygen atoms in total. The molecule has 0 aliphatic carbocycles. The maximum absolute atomic E-state index is 9.32. The minimum atomic E-state index is 0.263. The number of phenolic OH excluding ortho intramolecular Hbond substituents is 1. The van der Waals surface area contributed by atoms with Crippen LogP contribution in [-0.2, 0) is 0 Å². The Morgan fingerprint density at radius 1 is 1.27 bits per heavy atom. The van der Waals surface area contributed by atoms with Crippen LogP contribution in [0.15, 0.2) is 24.4 Å². The lowest BCUT2D eigenvalue weighted by Gasteiger charge is -2.14. The third-order valence-corrected chi connectivity index (χ3v) is 1.62. The summed E-state index contributed by atoms with van der Waals surface area (Å²) in [5.74, 6) is 0.263. The van der Waals surface area contributed by atoms with Gasteiger partial charge < -0.3 is 10.5 Å². The third kappa shape index (κ3) is 0.902. The Balaban J connectivity index is 2.60. The monoisotopic (exact) mass is 148 g/mol. The smallest absolute Gasteiger partial charge is 0.141 e. The molecule has 1 aromatic carbocycles. The van der Waals surface area contributed by atoms with E-state index in [1.54, 1.807) is 12.3 Å². The molecule has 3 heteroatoms. The first-order valence-corrected chi connectivity index (χ1v) is 3.38. The Hall–Kier alpha value is -1.64. The number of hydrogen-bond donors (Lipinski definition) is 3. The summed E-state index contributed by atoms with van der Waals surface area (Å²) in [7, 11) is 0. The van der Waals surface area contributed by atoms with Gasteiger partial charge in [0, 0.05) is 11.8 Å². The zero-order valence-corrected chi connectivity index (χ0v) is 5.83. The van der Waals surface area contributed by atoms with Crippen LogP contribution in [0, 0.1) is 0 Å². The summed E-state index contributed by atoms with van der Waals surface area (Å²) in [6.07, 6.45) is 3.67. The number of benzene rings is 1. The second-order valence-corrected chi connectivity index (χ2v) is 2.34. The highest BCUT2D eigenvalue weighted by Crippen LogP contribution is 2.28. The molecule has 1 aliphatic rings. The number of para-hydroxylation sites is 1. The van der Waals surface area contributed by atoms with Gasteiger partial charge in [0.15, 0.2) is 0 Å². The Labute approximate surface area is 64.3 Å². The van der Waals surface area contributed by atoms with Crippen molar-refractivity contribution in [2.75, 3.05) is 5.43 Å². The number of phenols is 1. The normalized spacial score (nSPS) is 13.1. The molecular formula is C8H8N2O. The van der Waals surface area contributed by atoms with Crippen molar-refractivity contribution in [3.63, 3.8) is 0 Å². The summed E-state index contributed by atoms with van der Waals surface area (Å²) < 4.78 is 0. The van der Waals surface area contributed by atoms with Crippen molar-refractivity contribution in [1.82, 2.24) is 5.43 Å². The van der Waals surface area contributed by atoms with Gasteiger partial charge in [0.05, 0.1) is 0 Å². The predicted molar refractivity (Wildman–Crippen MR) is 43.9 cm³/mol. The van der Waals surface area contributed by atoms with Crippen LogP contribution < -0.4 is 10.9 Å². The van der Waals surface area contributed by atoms with Crippen molar-refractivity contribution in [3.05, 3.63) is 30.0 Å². The Morgan fingerprint density at radius 3 is 3.00 bits per heavy atom. The van der Waals surface area contributed by atoms with E-state index in [0.717, 1.165) is 11.3 Å². The molecule has 0 saturated heterocycles. The van der Waals surface area contributed by atoms with Crippen LogP contribution in [0.25, 0.3) is 6.08 Å². The molecule has 11 heavy (non-hydrogen) atoms. The first kappa shape index (κ1) is 6.09. The van der Waals surface area contributed by atoms with Gasteiger partial charge in [0.2, 0.25) is 0 Å². The first-order valence-electron chi connectivity index (χ1n) is 3.38. The van der Waals surface area contributed by atoms with Gasteiger partial charge in [-0.15, -0.1) is 0 Å². The molecule has 0 spiro atoms. The SMILES string of the molecule is Oc1cccc2c1NNC=C2. The van der Waals surface area contributed by atoms with E-state index in [0.29, 0.717) is 0 Å². The maximum atomic E-state index is 9.32. The Morgan fingerprint density at radius 2 is 2.18 bits per heavy atom. The molecule has 56 valence electrons. The lowest BCUT2D eigenvalue weighted by Crippen LogP contribution is -2.17. The van der Waals surface area contributed by atoms with Gasteiger partial charge in [-0.25, -0.2) is 0 Å². The van der Waals surface area contributed by atoms with Crippen LogP contribution in [0.4, 0.5) is 5.69 Å². The zero-order chi connectivity index (χ0) is 7.68. The highest BCUT2D eigenvalue weighted by Gasteiger charge is 2.05. The second kappa shape index (κ2) is 2.20. The van der Waals surface area contributed by atoms with Crippen molar-refractivity contribution in [3.8, 4) is 5.75 Å². The van der Waals surface area contributed by atoms with Crippen molar-refractivity contribution in [1.29, 1.82) is 0 Å². The van der Waals surface area contributed by atoms with E-state index in [9.17, 15) is 5.11 Å². The van der Waals surface area contributed by atoms with Crippen LogP contribution in [0.3, 0.4) is 0 Å². The first-order chi connectivity index (χ1) is 5.38. The maximum Gasteiger partial charge on any atom is 0.141 e. The lowest BCUT2D eigenvalue weighted by molar-refractivity contribution is 0.476. The number of hydrogen-bond acceptors (Lipinski definition) is 3. The van der Waals surface area contributed by atoms with Gasteiger partial charge in [-0.3, -0.25) is 5.43 Å². The molecular weight excluding hydrogens is 140 g/mol. The number of fused-ring (bicyclic) bond motifs is 1. The highest BCUT2D eigenvalue weighted by molar-refractivity contribution is 5.73. The van der Waals surface area contributed by atoms with Gasteiger partial charge in [0.25, 0.3) is 0 Å². The number of hydrazine groups is 1. The second-order valence-electron chi connectivity index (χ2n) is 2.34. The third-order valence-electron chi connectivity index (χ3n) is 1.62. The summed E-state index contributed by atoms with van der Waals surface area (Å²) in [6.45, 7) is 0. The average molecular weight is 148 g/mol. The predicted octanol–water partition coefficient (Wildman–Crippen LogP) is 1.29. The number of aromatic hydroxyl groups is 1. The van der Waals surface area contributed by atoms with E-state index in [1.807, 2.05) is 18.2 Å². The molecule has 1 aliphatic heterocycles.